The number of nitrogen functional groups attached to an aromatic ring is 1. The van der Waals surface area contributed by atoms with Crippen LogP contribution in [0.1, 0.15) is 32.7 Å². The fourth-order valence-corrected chi connectivity index (χ4v) is 3.44. The Kier molecular flexibility index (Phi) is 6.79. The maximum absolute atomic E-state index is 13.0. The molecule has 0 fully saturated rings. The Morgan fingerprint density at radius 3 is 2.47 bits per heavy atom. The van der Waals surface area contributed by atoms with Crippen LogP contribution >= 0.6 is 0 Å². The van der Waals surface area contributed by atoms with Gasteiger partial charge in [-0.15, -0.1) is 0 Å². The molecular weight excluding hydrogens is 436 g/mol. The molecule has 0 spiro atoms. The van der Waals surface area contributed by atoms with Crippen molar-refractivity contribution in [3.05, 3.63) is 65.2 Å². The molecule has 0 aliphatic heterocycles. The highest BCUT2D eigenvalue weighted by Crippen LogP contribution is 2.27. The minimum atomic E-state index is -0.424. The van der Waals surface area contributed by atoms with Crippen molar-refractivity contribution in [1.29, 1.82) is 0 Å². The topological polar surface area (TPSA) is 134 Å². The molecular formula is C24H24N6O4. The normalized spacial score (nSPS) is 11.4. The Labute approximate surface area is 195 Å². The summed E-state index contributed by atoms with van der Waals surface area (Å²) in [6, 6.07) is 14.1. The number of hydrogen-bond donors (Lipinski definition) is 2. The zero-order chi connectivity index (χ0) is 24.1. The van der Waals surface area contributed by atoms with Crippen LogP contribution in [0.3, 0.4) is 0 Å². The molecule has 2 heterocycles. The van der Waals surface area contributed by atoms with Gasteiger partial charge in [0.05, 0.1) is 29.9 Å². The molecule has 1 amide bonds. The summed E-state index contributed by atoms with van der Waals surface area (Å²) in [5.41, 5.74) is 9.75. The van der Waals surface area contributed by atoms with Gasteiger partial charge in [0, 0.05) is 20.3 Å². The highest BCUT2D eigenvalue weighted by Gasteiger charge is 2.23. The fraction of sp³-hybridized carbons (Fsp3) is 0.208. The van der Waals surface area contributed by atoms with E-state index in [0.29, 0.717) is 52.9 Å². The highest BCUT2D eigenvalue weighted by molar-refractivity contribution is 6.10. The van der Waals surface area contributed by atoms with E-state index >= 15 is 0 Å². The van der Waals surface area contributed by atoms with Crippen molar-refractivity contribution in [2.24, 2.45) is 5.10 Å². The van der Waals surface area contributed by atoms with Crippen LogP contribution in [0.4, 0.5) is 5.82 Å². The van der Waals surface area contributed by atoms with Crippen LogP contribution in [0, 0.1) is 0 Å². The number of amides is 1. The van der Waals surface area contributed by atoms with E-state index in [1.165, 1.54) is 11.8 Å². The van der Waals surface area contributed by atoms with Gasteiger partial charge in [-0.05, 0) is 36.2 Å². The van der Waals surface area contributed by atoms with Crippen LogP contribution in [0.2, 0.25) is 0 Å². The highest BCUT2D eigenvalue weighted by atomic mass is 16.5. The van der Waals surface area contributed by atoms with Gasteiger partial charge in [0.2, 0.25) is 0 Å². The Hall–Kier alpha value is -4.31. The predicted octanol–water partition coefficient (Wildman–Crippen LogP) is 2.60. The summed E-state index contributed by atoms with van der Waals surface area (Å²) in [7, 11) is 2.93. The molecule has 2 aromatic carbocycles. The van der Waals surface area contributed by atoms with Gasteiger partial charge in [-0.1, -0.05) is 24.3 Å². The second kappa shape index (κ2) is 10.1. The number of rotatable bonds is 8. The first kappa shape index (κ1) is 22.9. The number of nitrogens with one attached hydrogen (secondary N) is 1. The summed E-state index contributed by atoms with van der Waals surface area (Å²) < 4.78 is 11.1. The average molecular weight is 460 g/mol. The molecule has 0 bridgehead atoms. The summed E-state index contributed by atoms with van der Waals surface area (Å²) >= 11 is 0. The molecule has 174 valence electrons. The van der Waals surface area contributed by atoms with Crippen molar-refractivity contribution in [3.63, 3.8) is 0 Å². The van der Waals surface area contributed by atoms with E-state index < -0.39 is 5.97 Å². The quantitative estimate of drug-likeness (QED) is 0.234. The first-order valence-electron chi connectivity index (χ1n) is 10.6. The van der Waals surface area contributed by atoms with Gasteiger partial charge in [0.25, 0.3) is 5.91 Å². The Bertz CT molecular complexity index is 1380. The monoisotopic (exact) mass is 460 g/mol. The molecule has 0 radical (unpaired) electrons. The molecule has 0 aliphatic carbocycles. The van der Waals surface area contributed by atoms with Gasteiger partial charge in [-0.25, -0.2) is 14.8 Å². The predicted molar refractivity (Wildman–Crippen MR) is 129 cm³/mol. The summed E-state index contributed by atoms with van der Waals surface area (Å²) in [5.74, 6) is -0.663. The van der Waals surface area contributed by atoms with E-state index in [-0.39, 0.29) is 17.3 Å². The maximum Gasteiger partial charge on any atom is 0.337 e. The third kappa shape index (κ3) is 4.57. The third-order valence-corrected chi connectivity index (χ3v) is 5.17. The summed E-state index contributed by atoms with van der Waals surface area (Å²) in [6.07, 6.45) is 2.23. The molecule has 0 aliphatic rings. The Morgan fingerprint density at radius 1 is 1.09 bits per heavy atom. The van der Waals surface area contributed by atoms with Gasteiger partial charge in [0.1, 0.15) is 16.9 Å². The maximum atomic E-state index is 13.0. The number of ether oxygens (including phenoxy) is 2. The minimum absolute atomic E-state index is 0.122. The number of para-hydroxylation sites is 2. The number of carbonyl (C=O) groups excluding carboxylic acids is 2. The number of nitrogens with two attached hydrogens (primary N) is 1. The van der Waals surface area contributed by atoms with E-state index in [4.69, 9.17) is 15.2 Å². The number of benzene rings is 2. The van der Waals surface area contributed by atoms with Gasteiger partial charge in [0.15, 0.2) is 5.65 Å². The first-order valence-corrected chi connectivity index (χ1v) is 10.6. The van der Waals surface area contributed by atoms with Crippen molar-refractivity contribution in [3.8, 4) is 0 Å². The number of methoxy groups -OCH3 is 2. The molecule has 0 unspecified atom stereocenters. The lowest BCUT2D eigenvalue weighted by molar-refractivity contribution is 0.0600. The smallest absolute Gasteiger partial charge is 0.337 e. The number of aromatic nitrogens is 3. The van der Waals surface area contributed by atoms with E-state index in [2.05, 4.69) is 20.4 Å². The van der Waals surface area contributed by atoms with E-state index in [0.717, 1.165) is 0 Å². The number of fused-ring (bicyclic) bond motifs is 2. The van der Waals surface area contributed by atoms with Crippen LogP contribution in [-0.2, 0) is 9.47 Å². The van der Waals surface area contributed by atoms with Crippen LogP contribution in [-0.4, -0.2) is 60.1 Å². The van der Waals surface area contributed by atoms with Crippen molar-refractivity contribution in [2.45, 2.75) is 6.42 Å². The standard InChI is InChI=1S/C24H24N6O4/c1-33-13-5-12-26-23(31)19-20-22(29-18-7-4-3-6-17(18)28-20)30(21(19)25)27-14-15-8-10-16(11-9-15)24(32)34-2/h3-4,6-11,14H,5,12-13,25H2,1-2H3,(H,26,31)/b27-14-. The number of esters is 1. The molecule has 0 saturated carbocycles. The van der Waals surface area contributed by atoms with Crippen molar-refractivity contribution in [1.82, 2.24) is 20.0 Å². The van der Waals surface area contributed by atoms with Crippen molar-refractivity contribution >= 4 is 46.1 Å². The van der Waals surface area contributed by atoms with E-state index in [9.17, 15) is 9.59 Å². The summed E-state index contributed by atoms with van der Waals surface area (Å²) in [5, 5.41) is 7.31. The number of anilines is 1. The van der Waals surface area contributed by atoms with E-state index in [1.807, 2.05) is 24.3 Å². The second-order valence-electron chi connectivity index (χ2n) is 7.42. The summed E-state index contributed by atoms with van der Waals surface area (Å²) in [6.45, 7) is 0.955. The van der Waals surface area contributed by atoms with Crippen molar-refractivity contribution < 1.29 is 19.1 Å². The van der Waals surface area contributed by atoms with Gasteiger partial charge in [-0.2, -0.15) is 9.78 Å². The van der Waals surface area contributed by atoms with E-state index in [1.54, 1.807) is 37.6 Å². The average Bonchev–Trinajstić information content (AvgIpc) is 3.13. The van der Waals surface area contributed by atoms with Crippen LogP contribution < -0.4 is 11.1 Å². The molecule has 34 heavy (non-hydrogen) atoms. The lowest BCUT2D eigenvalue weighted by Gasteiger charge is -2.05. The largest absolute Gasteiger partial charge is 0.465 e. The number of carbonyl (C=O) groups is 2. The molecule has 4 aromatic rings. The molecule has 4 rings (SSSR count). The molecule has 10 nitrogen and oxygen atoms in total. The third-order valence-electron chi connectivity index (χ3n) is 5.17. The SMILES string of the molecule is COCCCNC(=O)c1c(N)n(/N=C\c2ccc(C(=O)OC)cc2)c2nc3ccccc3nc12. The fourth-order valence-electron chi connectivity index (χ4n) is 3.44. The molecule has 2 aromatic heterocycles. The summed E-state index contributed by atoms with van der Waals surface area (Å²) in [4.78, 5) is 33.9. The number of hydrogen-bond acceptors (Lipinski definition) is 8. The van der Waals surface area contributed by atoms with Gasteiger partial charge in [-0.3, -0.25) is 4.79 Å². The molecule has 3 N–H and O–H groups in total. The van der Waals surface area contributed by atoms with Crippen molar-refractivity contribution in [2.75, 3.05) is 33.1 Å². The van der Waals surface area contributed by atoms with Crippen LogP contribution in [0.5, 0.6) is 0 Å². The molecule has 10 heteroatoms. The number of nitrogens with zero attached hydrogens (tertiary/aromatic N) is 4. The lowest BCUT2D eigenvalue weighted by atomic mass is 10.1. The second-order valence-corrected chi connectivity index (χ2v) is 7.42. The Balaban J connectivity index is 1.75. The van der Waals surface area contributed by atoms with Crippen LogP contribution in [0.25, 0.3) is 22.2 Å². The zero-order valence-electron chi connectivity index (χ0n) is 18.8. The van der Waals surface area contributed by atoms with Gasteiger partial charge < -0.3 is 20.5 Å². The zero-order valence-corrected chi connectivity index (χ0v) is 18.8. The molecule has 0 atom stereocenters. The first-order chi connectivity index (χ1) is 16.5. The minimum Gasteiger partial charge on any atom is -0.465 e. The Morgan fingerprint density at radius 2 is 1.79 bits per heavy atom. The van der Waals surface area contributed by atoms with Crippen LogP contribution in [0.15, 0.2) is 53.6 Å². The van der Waals surface area contributed by atoms with Gasteiger partial charge >= 0.3 is 5.97 Å². The lowest BCUT2D eigenvalue weighted by Crippen LogP contribution is -2.26. The molecule has 0 saturated heterocycles.